The molecule has 0 spiro atoms. The van der Waals surface area contributed by atoms with Gasteiger partial charge in [-0.25, -0.2) is 0 Å². The van der Waals surface area contributed by atoms with Crippen molar-refractivity contribution >= 4 is 6.08 Å². The minimum absolute atomic E-state index is 0.0658. The molecule has 1 aromatic heterocycles. The van der Waals surface area contributed by atoms with E-state index in [2.05, 4.69) is 40.6 Å². The van der Waals surface area contributed by atoms with Gasteiger partial charge >= 0.3 is 0 Å². The fourth-order valence-corrected chi connectivity index (χ4v) is 2.95. The minimum atomic E-state index is -0.0658. The highest BCUT2D eigenvalue weighted by molar-refractivity contribution is 5.53. The van der Waals surface area contributed by atoms with Gasteiger partial charge in [-0.05, 0) is 44.4 Å². The molecule has 0 aliphatic carbocycles. The maximum atomic E-state index is 5.99. The lowest BCUT2D eigenvalue weighted by molar-refractivity contribution is 0.0269. The smallest absolute Gasteiger partial charge is 0.255 e. The van der Waals surface area contributed by atoms with Crippen molar-refractivity contribution in [2.75, 3.05) is 20.2 Å². The number of hydrogen-bond acceptors (Lipinski definition) is 6. The molecule has 1 aromatic carbocycles. The molecular formula is C19H25N3O3. The van der Waals surface area contributed by atoms with Crippen LogP contribution in [0.1, 0.15) is 43.1 Å². The number of aromatic nitrogens is 2. The van der Waals surface area contributed by atoms with Gasteiger partial charge in [0.2, 0.25) is 0 Å². The average molecular weight is 343 g/mol. The molecule has 3 rings (SSSR count). The van der Waals surface area contributed by atoms with E-state index in [0.29, 0.717) is 11.7 Å². The molecule has 0 radical (unpaired) electrons. The van der Waals surface area contributed by atoms with E-state index in [1.165, 1.54) is 11.1 Å². The maximum absolute atomic E-state index is 5.99. The van der Waals surface area contributed by atoms with Gasteiger partial charge in [-0.2, -0.15) is 4.98 Å². The molecule has 1 aliphatic heterocycles. The number of rotatable bonds is 7. The third-order valence-corrected chi connectivity index (χ3v) is 4.23. The number of methoxy groups -OCH3 is 1. The highest BCUT2D eigenvalue weighted by atomic mass is 16.5. The Morgan fingerprint density at radius 3 is 2.80 bits per heavy atom. The SMILES string of the molecule is COc1ccc(/C=C(\C)CNC[C@H]2CC[C@@H](c3nc(C)no3)O2)cc1. The lowest BCUT2D eigenvalue weighted by Gasteiger charge is -2.12. The van der Waals surface area contributed by atoms with E-state index in [0.717, 1.165) is 31.7 Å². The van der Waals surface area contributed by atoms with E-state index < -0.39 is 0 Å². The Labute approximate surface area is 148 Å². The van der Waals surface area contributed by atoms with Crippen LogP contribution in [0, 0.1) is 6.92 Å². The summed E-state index contributed by atoms with van der Waals surface area (Å²) < 4.78 is 16.4. The van der Waals surface area contributed by atoms with Crippen molar-refractivity contribution in [2.24, 2.45) is 0 Å². The van der Waals surface area contributed by atoms with Crippen LogP contribution in [0.2, 0.25) is 0 Å². The third kappa shape index (κ3) is 4.90. The van der Waals surface area contributed by atoms with Crippen molar-refractivity contribution in [1.82, 2.24) is 15.5 Å². The zero-order valence-corrected chi connectivity index (χ0v) is 15.0. The molecule has 6 heteroatoms. The first-order valence-electron chi connectivity index (χ1n) is 8.61. The molecule has 25 heavy (non-hydrogen) atoms. The molecule has 2 heterocycles. The molecule has 0 amide bonds. The van der Waals surface area contributed by atoms with Gasteiger partial charge in [0.15, 0.2) is 5.82 Å². The standard InChI is InChI=1S/C19H25N3O3/c1-13(10-15-4-6-16(23-3)7-5-15)11-20-12-17-8-9-18(24-17)19-21-14(2)22-25-19/h4-7,10,17-18,20H,8-9,11-12H2,1-3H3/b13-10+/t17-,18+/m1/s1. The first-order valence-corrected chi connectivity index (χ1v) is 8.61. The molecule has 0 bridgehead atoms. The number of nitrogens with zero attached hydrogens (tertiary/aromatic N) is 2. The van der Waals surface area contributed by atoms with Gasteiger partial charge in [0.25, 0.3) is 5.89 Å². The second-order valence-corrected chi connectivity index (χ2v) is 6.40. The topological polar surface area (TPSA) is 69.4 Å². The summed E-state index contributed by atoms with van der Waals surface area (Å²) >= 11 is 0. The van der Waals surface area contributed by atoms with Crippen molar-refractivity contribution in [3.8, 4) is 5.75 Å². The van der Waals surface area contributed by atoms with E-state index in [9.17, 15) is 0 Å². The highest BCUT2D eigenvalue weighted by Crippen LogP contribution is 2.31. The molecular weight excluding hydrogens is 318 g/mol. The Hall–Kier alpha value is -2.18. The van der Waals surface area contributed by atoms with Crippen LogP contribution in [-0.4, -0.2) is 36.4 Å². The third-order valence-electron chi connectivity index (χ3n) is 4.23. The summed E-state index contributed by atoms with van der Waals surface area (Å²) in [6.07, 6.45) is 4.22. The summed E-state index contributed by atoms with van der Waals surface area (Å²) in [7, 11) is 1.68. The van der Waals surface area contributed by atoms with Gasteiger partial charge in [-0.15, -0.1) is 0 Å². The van der Waals surface area contributed by atoms with Crippen molar-refractivity contribution < 1.29 is 14.0 Å². The Morgan fingerprint density at radius 2 is 2.12 bits per heavy atom. The first kappa shape index (κ1) is 17.6. The van der Waals surface area contributed by atoms with Gasteiger partial charge in [-0.3, -0.25) is 0 Å². The summed E-state index contributed by atoms with van der Waals surface area (Å²) in [5, 5.41) is 7.29. The van der Waals surface area contributed by atoms with Crippen LogP contribution in [-0.2, 0) is 4.74 Å². The number of hydrogen-bond donors (Lipinski definition) is 1. The van der Waals surface area contributed by atoms with Gasteiger partial charge in [0.05, 0.1) is 13.2 Å². The van der Waals surface area contributed by atoms with Crippen LogP contribution in [0.4, 0.5) is 0 Å². The van der Waals surface area contributed by atoms with Crippen LogP contribution in [0.5, 0.6) is 5.75 Å². The lowest BCUT2D eigenvalue weighted by Crippen LogP contribution is -2.27. The van der Waals surface area contributed by atoms with E-state index in [1.807, 2.05) is 19.1 Å². The van der Waals surface area contributed by atoms with Gasteiger partial charge < -0.3 is 19.3 Å². The van der Waals surface area contributed by atoms with E-state index in [4.69, 9.17) is 14.0 Å². The number of ether oxygens (including phenoxy) is 2. The molecule has 2 aromatic rings. The average Bonchev–Trinajstić information content (AvgIpc) is 3.24. The molecule has 1 saturated heterocycles. The van der Waals surface area contributed by atoms with Crippen LogP contribution < -0.4 is 10.1 Å². The maximum Gasteiger partial charge on any atom is 0.255 e. The summed E-state index contributed by atoms with van der Waals surface area (Å²) in [5.74, 6) is 2.12. The molecule has 1 fully saturated rings. The molecule has 0 unspecified atom stereocenters. The zero-order chi connectivity index (χ0) is 17.6. The Morgan fingerprint density at radius 1 is 1.32 bits per heavy atom. The fourth-order valence-electron chi connectivity index (χ4n) is 2.95. The van der Waals surface area contributed by atoms with E-state index >= 15 is 0 Å². The van der Waals surface area contributed by atoms with Gasteiger partial charge in [-0.1, -0.05) is 28.9 Å². The quantitative estimate of drug-likeness (QED) is 0.832. The minimum Gasteiger partial charge on any atom is -0.497 e. The lowest BCUT2D eigenvalue weighted by atomic mass is 10.1. The predicted octanol–water partition coefficient (Wildman–Crippen LogP) is 3.30. The van der Waals surface area contributed by atoms with Crippen LogP contribution in [0.3, 0.4) is 0 Å². The highest BCUT2D eigenvalue weighted by Gasteiger charge is 2.30. The normalized spacial score (nSPS) is 20.8. The van der Waals surface area contributed by atoms with Crippen molar-refractivity contribution in [1.29, 1.82) is 0 Å². The van der Waals surface area contributed by atoms with Gasteiger partial charge in [0.1, 0.15) is 11.9 Å². The van der Waals surface area contributed by atoms with Crippen molar-refractivity contribution in [3.63, 3.8) is 0 Å². The zero-order valence-electron chi connectivity index (χ0n) is 15.0. The van der Waals surface area contributed by atoms with Gasteiger partial charge in [0, 0.05) is 13.1 Å². The Balaban J connectivity index is 1.42. The van der Waals surface area contributed by atoms with E-state index in [1.54, 1.807) is 7.11 Å². The van der Waals surface area contributed by atoms with Crippen LogP contribution in [0.25, 0.3) is 6.08 Å². The monoisotopic (exact) mass is 343 g/mol. The van der Waals surface area contributed by atoms with Crippen molar-refractivity contribution in [3.05, 3.63) is 47.1 Å². The summed E-state index contributed by atoms with van der Waals surface area (Å²) in [4.78, 5) is 4.25. The molecule has 1 aliphatic rings. The van der Waals surface area contributed by atoms with Crippen LogP contribution in [0.15, 0.2) is 34.4 Å². The largest absolute Gasteiger partial charge is 0.497 e. The number of aryl methyl sites for hydroxylation is 1. The number of nitrogens with one attached hydrogen (secondary N) is 1. The second kappa shape index (κ2) is 8.27. The summed E-state index contributed by atoms with van der Waals surface area (Å²) in [5.41, 5.74) is 2.44. The van der Waals surface area contributed by atoms with Crippen molar-refractivity contribution in [2.45, 2.75) is 38.9 Å². The molecule has 1 N–H and O–H groups in total. The second-order valence-electron chi connectivity index (χ2n) is 6.40. The Bertz CT molecular complexity index is 709. The predicted molar refractivity (Wildman–Crippen MR) is 95.4 cm³/mol. The van der Waals surface area contributed by atoms with Crippen LogP contribution >= 0.6 is 0 Å². The Kier molecular flexibility index (Phi) is 5.83. The summed E-state index contributed by atoms with van der Waals surface area (Å²) in [6, 6.07) is 8.05. The fraction of sp³-hybridized carbons (Fsp3) is 0.474. The molecule has 6 nitrogen and oxygen atoms in total. The summed E-state index contributed by atoms with van der Waals surface area (Å²) in [6.45, 7) is 5.59. The number of benzene rings is 1. The van der Waals surface area contributed by atoms with E-state index in [-0.39, 0.29) is 12.2 Å². The first-order chi connectivity index (χ1) is 12.1. The molecule has 134 valence electrons. The molecule has 0 saturated carbocycles. The molecule has 2 atom stereocenters.